The zero-order valence-corrected chi connectivity index (χ0v) is 12.8. The van der Waals surface area contributed by atoms with Gasteiger partial charge in [-0.1, -0.05) is 25.1 Å². The van der Waals surface area contributed by atoms with Gasteiger partial charge >= 0.3 is 5.97 Å². The molecule has 0 aliphatic carbocycles. The standard InChI is InChI=1S/C15H19N3O2S/c1-2-18(8-9-21-13-6-4-3-5-7-13)11-12-10-16-17-14(12)15(19)20/h3-7,10H,2,8-9,11H2,1H3,(H,16,17)(H,19,20). The van der Waals surface area contributed by atoms with E-state index in [2.05, 4.69) is 34.2 Å². The number of carboxylic acid groups (broad SMARTS) is 1. The van der Waals surface area contributed by atoms with E-state index in [-0.39, 0.29) is 5.69 Å². The lowest BCUT2D eigenvalue weighted by Crippen LogP contribution is -2.26. The monoisotopic (exact) mass is 305 g/mol. The Morgan fingerprint density at radius 2 is 2.14 bits per heavy atom. The highest BCUT2D eigenvalue weighted by Gasteiger charge is 2.14. The molecule has 1 aromatic heterocycles. The Bertz CT molecular complexity index is 571. The van der Waals surface area contributed by atoms with Gasteiger partial charge in [-0.3, -0.25) is 10.00 Å². The maximum atomic E-state index is 11.1. The van der Waals surface area contributed by atoms with Crippen molar-refractivity contribution in [3.63, 3.8) is 0 Å². The summed E-state index contributed by atoms with van der Waals surface area (Å²) in [6.07, 6.45) is 1.59. The summed E-state index contributed by atoms with van der Waals surface area (Å²) in [6, 6.07) is 10.3. The molecule has 6 heteroatoms. The number of carbonyl (C=O) groups is 1. The Kier molecular flexibility index (Phi) is 5.83. The van der Waals surface area contributed by atoms with Gasteiger partial charge in [0.2, 0.25) is 0 Å². The molecule has 0 saturated heterocycles. The lowest BCUT2D eigenvalue weighted by molar-refractivity contribution is 0.0688. The Balaban J connectivity index is 1.85. The smallest absolute Gasteiger partial charge is 0.354 e. The van der Waals surface area contributed by atoms with Crippen LogP contribution in [0.5, 0.6) is 0 Å². The second-order valence-electron chi connectivity index (χ2n) is 4.61. The molecule has 0 amide bonds. The highest BCUT2D eigenvalue weighted by atomic mass is 32.2. The van der Waals surface area contributed by atoms with E-state index in [1.807, 2.05) is 18.2 Å². The molecule has 1 heterocycles. The minimum Gasteiger partial charge on any atom is -0.477 e. The minimum atomic E-state index is -0.961. The van der Waals surface area contributed by atoms with Gasteiger partial charge in [-0.25, -0.2) is 4.79 Å². The SMILES string of the molecule is CCN(CCSc1ccccc1)Cc1cn[nH]c1C(=O)O. The molecule has 2 rings (SSSR count). The Morgan fingerprint density at radius 3 is 2.81 bits per heavy atom. The Labute approximate surface area is 128 Å². The van der Waals surface area contributed by atoms with Crippen molar-refractivity contribution in [2.75, 3.05) is 18.8 Å². The molecule has 0 atom stereocenters. The summed E-state index contributed by atoms with van der Waals surface area (Å²) in [6.45, 7) is 4.46. The lowest BCUT2D eigenvalue weighted by atomic mass is 10.2. The zero-order valence-electron chi connectivity index (χ0n) is 12.0. The number of carboxylic acids is 1. The van der Waals surface area contributed by atoms with Gasteiger partial charge in [-0.2, -0.15) is 5.10 Å². The van der Waals surface area contributed by atoms with Crippen LogP contribution < -0.4 is 0 Å². The van der Waals surface area contributed by atoms with Crippen molar-refractivity contribution in [3.05, 3.63) is 47.8 Å². The van der Waals surface area contributed by atoms with E-state index in [1.165, 1.54) is 4.90 Å². The van der Waals surface area contributed by atoms with Gasteiger partial charge in [0.15, 0.2) is 0 Å². The molecule has 0 spiro atoms. The van der Waals surface area contributed by atoms with Gasteiger partial charge in [0.1, 0.15) is 5.69 Å². The summed E-state index contributed by atoms with van der Waals surface area (Å²) in [5.41, 5.74) is 0.915. The van der Waals surface area contributed by atoms with Gasteiger partial charge in [0.25, 0.3) is 0 Å². The second-order valence-corrected chi connectivity index (χ2v) is 5.77. The van der Waals surface area contributed by atoms with Crippen LogP contribution in [-0.4, -0.2) is 45.0 Å². The lowest BCUT2D eigenvalue weighted by Gasteiger charge is -2.19. The number of nitrogens with zero attached hydrogens (tertiary/aromatic N) is 2. The van der Waals surface area contributed by atoms with Gasteiger partial charge in [0.05, 0.1) is 6.20 Å². The van der Waals surface area contributed by atoms with E-state index in [9.17, 15) is 4.79 Å². The van der Waals surface area contributed by atoms with Crippen molar-refractivity contribution in [1.82, 2.24) is 15.1 Å². The van der Waals surface area contributed by atoms with Gasteiger partial charge in [-0.15, -0.1) is 11.8 Å². The van der Waals surface area contributed by atoms with Crippen LogP contribution >= 0.6 is 11.8 Å². The molecule has 21 heavy (non-hydrogen) atoms. The van der Waals surface area contributed by atoms with E-state index in [1.54, 1.807) is 18.0 Å². The number of thioether (sulfide) groups is 1. The summed E-state index contributed by atoms with van der Waals surface area (Å²) in [7, 11) is 0. The van der Waals surface area contributed by atoms with E-state index < -0.39 is 5.97 Å². The first kappa shape index (κ1) is 15.6. The van der Waals surface area contributed by atoms with E-state index in [4.69, 9.17) is 5.11 Å². The van der Waals surface area contributed by atoms with Crippen molar-refractivity contribution in [2.45, 2.75) is 18.4 Å². The fourth-order valence-electron chi connectivity index (χ4n) is 2.02. The maximum absolute atomic E-state index is 11.1. The van der Waals surface area contributed by atoms with E-state index in [0.717, 1.165) is 24.4 Å². The summed E-state index contributed by atoms with van der Waals surface area (Å²) < 4.78 is 0. The molecule has 1 aromatic carbocycles. The molecular formula is C15H19N3O2S. The number of nitrogens with one attached hydrogen (secondary N) is 1. The topological polar surface area (TPSA) is 69.2 Å². The molecule has 5 nitrogen and oxygen atoms in total. The van der Waals surface area contributed by atoms with Crippen LogP contribution in [0.25, 0.3) is 0 Å². The first-order chi connectivity index (χ1) is 10.2. The summed E-state index contributed by atoms with van der Waals surface area (Å²) in [5.74, 6) is 0.00943. The van der Waals surface area contributed by atoms with E-state index >= 15 is 0 Å². The first-order valence-corrected chi connectivity index (χ1v) is 7.85. The average Bonchev–Trinajstić information content (AvgIpc) is 2.95. The zero-order chi connectivity index (χ0) is 15.1. The quantitative estimate of drug-likeness (QED) is 0.734. The molecule has 0 saturated carbocycles. The van der Waals surface area contributed by atoms with Crippen molar-refractivity contribution in [3.8, 4) is 0 Å². The van der Waals surface area contributed by atoms with Gasteiger partial charge in [-0.05, 0) is 18.7 Å². The molecule has 2 N–H and O–H groups in total. The molecule has 112 valence electrons. The molecular weight excluding hydrogens is 286 g/mol. The molecule has 0 aliphatic heterocycles. The van der Waals surface area contributed by atoms with Gasteiger partial charge in [0, 0.05) is 29.3 Å². The van der Waals surface area contributed by atoms with Crippen LogP contribution in [0.4, 0.5) is 0 Å². The van der Waals surface area contributed by atoms with Crippen molar-refractivity contribution >= 4 is 17.7 Å². The number of aromatic nitrogens is 2. The normalized spacial score (nSPS) is 11.0. The molecule has 0 fully saturated rings. The number of aromatic amines is 1. The molecule has 0 radical (unpaired) electrons. The second kappa shape index (κ2) is 7.85. The maximum Gasteiger partial charge on any atom is 0.354 e. The third-order valence-corrected chi connectivity index (χ3v) is 4.18. The number of hydrogen-bond acceptors (Lipinski definition) is 4. The third kappa shape index (κ3) is 4.61. The highest BCUT2D eigenvalue weighted by molar-refractivity contribution is 7.99. The summed E-state index contributed by atoms with van der Waals surface area (Å²) in [4.78, 5) is 14.5. The van der Waals surface area contributed by atoms with Crippen molar-refractivity contribution in [2.24, 2.45) is 0 Å². The average molecular weight is 305 g/mol. The fourth-order valence-corrected chi connectivity index (χ4v) is 2.95. The molecule has 0 unspecified atom stereocenters. The number of H-pyrrole nitrogens is 1. The molecule has 0 bridgehead atoms. The third-order valence-electron chi connectivity index (χ3n) is 3.19. The first-order valence-electron chi connectivity index (χ1n) is 6.86. The largest absolute Gasteiger partial charge is 0.477 e. The predicted molar refractivity (Wildman–Crippen MR) is 83.7 cm³/mol. The number of hydrogen-bond donors (Lipinski definition) is 2. The summed E-state index contributed by atoms with van der Waals surface area (Å²) in [5, 5.41) is 15.4. The van der Waals surface area contributed by atoms with Crippen LogP contribution in [0.1, 0.15) is 23.0 Å². The Morgan fingerprint density at radius 1 is 1.38 bits per heavy atom. The van der Waals surface area contributed by atoms with Crippen LogP contribution in [0.15, 0.2) is 41.4 Å². The number of benzene rings is 1. The minimum absolute atomic E-state index is 0.184. The number of aromatic carboxylic acids is 1. The van der Waals surface area contributed by atoms with Crippen molar-refractivity contribution in [1.29, 1.82) is 0 Å². The molecule has 2 aromatic rings. The van der Waals surface area contributed by atoms with Crippen LogP contribution in [0.3, 0.4) is 0 Å². The predicted octanol–water partition coefficient (Wildman–Crippen LogP) is 2.72. The molecule has 0 aliphatic rings. The fraction of sp³-hybridized carbons (Fsp3) is 0.333. The van der Waals surface area contributed by atoms with Crippen LogP contribution in [0.2, 0.25) is 0 Å². The van der Waals surface area contributed by atoms with Gasteiger partial charge < -0.3 is 5.11 Å². The van der Waals surface area contributed by atoms with Crippen molar-refractivity contribution < 1.29 is 9.90 Å². The van der Waals surface area contributed by atoms with Crippen LogP contribution in [0, 0.1) is 0 Å². The van der Waals surface area contributed by atoms with Crippen LogP contribution in [-0.2, 0) is 6.54 Å². The summed E-state index contributed by atoms with van der Waals surface area (Å²) >= 11 is 1.81. The Hall–Kier alpha value is -1.79. The number of rotatable bonds is 8. The van der Waals surface area contributed by atoms with E-state index in [0.29, 0.717) is 6.54 Å². The highest BCUT2D eigenvalue weighted by Crippen LogP contribution is 2.17.